The predicted molar refractivity (Wildman–Crippen MR) is 105 cm³/mol. The lowest BCUT2D eigenvalue weighted by Gasteiger charge is -2.12. The molecule has 0 aliphatic heterocycles. The highest BCUT2D eigenvalue weighted by Crippen LogP contribution is 2.24. The molecular formula is C21H34O6. The van der Waals surface area contributed by atoms with E-state index in [1.54, 1.807) is 18.2 Å². The number of ether oxygens (including phenoxy) is 5. The van der Waals surface area contributed by atoms with Gasteiger partial charge in [0.25, 0.3) is 0 Å². The Morgan fingerprint density at radius 3 is 1.56 bits per heavy atom. The van der Waals surface area contributed by atoms with Crippen molar-refractivity contribution in [1.82, 2.24) is 0 Å². The third-order valence-electron chi connectivity index (χ3n) is 3.58. The number of rotatable bonds is 17. The maximum Gasteiger partial charge on any atom is 0.162 e. The fraction of sp³-hybridized carbons (Fsp3) is 0.667. The minimum atomic E-state index is 0.0526. The first kappa shape index (κ1) is 23.4. The molecular weight excluding hydrogens is 348 g/mol. The molecule has 6 nitrogen and oxygen atoms in total. The average Bonchev–Trinajstić information content (AvgIpc) is 2.69. The fourth-order valence-corrected chi connectivity index (χ4v) is 2.25. The van der Waals surface area contributed by atoms with Gasteiger partial charge in [0.2, 0.25) is 0 Å². The second kappa shape index (κ2) is 15.4. The summed E-state index contributed by atoms with van der Waals surface area (Å²) in [5, 5.41) is 0. The van der Waals surface area contributed by atoms with Crippen LogP contribution in [0, 0.1) is 0 Å². The van der Waals surface area contributed by atoms with Crippen molar-refractivity contribution in [2.75, 3.05) is 52.9 Å². The summed E-state index contributed by atoms with van der Waals surface area (Å²) in [6.45, 7) is 10.4. The summed E-state index contributed by atoms with van der Waals surface area (Å²) >= 11 is 0. The summed E-state index contributed by atoms with van der Waals surface area (Å²) < 4.78 is 27.7. The predicted octanol–water partition coefficient (Wildman–Crippen LogP) is 3.91. The summed E-state index contributed by atoms with van der Waals surface area (Å²) in [5.41, 5.74) is 0.591. The van der Waals surface area contributed by atoms with Gasteiger partial charge in [0.1, 0.15) is 24.7 Å². The number of hydrogen-bond acceptors (Lipinski definition) is 6. The smallest absolute Gasteiger partial charge is 0.162 e. The van der Waals surface area contributed by atoms with Crippen molar-refractivity contribution in [3.8, 4) is 11.5 Å². The Balaban J connectivity index is 2.46. The molecule has 0 aliphatic carbocycles. The molecule has 27 heavy (non-hydrogen) atoms. The number of hydrogen-bond donors (Lipinski definition) is 0. The molecule has 1 aromatic carbocycles. The van der Waals surface area contributed by atoms with Gasteiger partial charge in [-0.15, -0.1) is 0 Å². The zero-order chi connectivity index (χ0) is 19.7. The SMILES string of the molecule is CCCOCCOCCOc1cc(OCCOCCC)cc(C(=O)CC)c1. The lowest BCUT2D eigenvalue weighted by molar-refractivity contribution is 0.0365. The van der Waals surface area contributed by atoms with Gasteiger partial charge in [-0.1, -0.05) is 20.8 Å². The zero-order valence-corrected chi connectivity index (χ0v) is 17.0. The molecule has 1 aromatic rings. The number of Topliss-reactive ketones (excluding diaryl/α,β-unsaturated/α-hetero) is 1. The third kappa shape index (κ3) is 11.0. The third-order valence-corrected chi connectivity index (χ3v) is 3.58. The minimum absolute atomic E-state index is 0.0526. The summed E-state index contributed by atoms with van der Waals surface area (Å²) in [5.74, 6) is 1.26. The quantitative estimate of drug-likeness (QED) is 0.301. The Bertz CT molecular complexity index is 517. The van der Waals surface area contributed by atoms with Gasteiger partial charge in [0.05, 0.1) is 26.4 Å². The fourth-order valence-electron chi connectivity index (χ4n) is 2.25. The lowest BCUT2D eigenvalue weighted by Crippen LogP contribution is -2.12. The Labute approximate surface area is 163 Å². The van der Waals surface area contributed by atoms with E-state index in [0.29, 0.717) is 63.1 Å². The van der Waals surface area contributed by atoms with Crippen LogP contribution >= 0.6 is 0 Å². The van der Waals surface area contributed by atoms with E-state index in [1.165, 1.54) is 0 Å². The number of carbonyl (C=O) groups excluding carboxylic acids is 1. The highest BCUT2D eigenvalue weighted by Gasteiger charge is 2.09. The average molecular weight is 382 g/mol. The first-order chi connectivity index (χ1) is 13.2. The Hall–Kier alpha value is -1.63. The molecule has 0 saturated carbocycles. The number of benzene rings is 1. The van der Waals surface area contributed by atoms with E-state index < -0.39 is 0 Å². The van der Waals surface area contributed by atoms with Gasteiger partial charge in [-0.05, 0) is 25.0 Å². The van der Waals surface area contributed by atoms with E-state index in [9.17, 15) is 4.79 Å². The first-order valence-corrected chi connectivity index (χ1v) is 9.88. The van der Waals surface area contributed by atoms with Crippen LogP contribution < -0.4 is 9.47 Å². The van der Waals surface area contributed by atoms with Crippen molar-refractivity contribution in [3.63, 3.8) is 0 Å². The first-order valence-electron chi connectivity index (χ1n) is 9.88. The molecule has 0 spiro atoms. The monoisotopic (exact) mass is 382 g/mol. The van der Waals surface area contributed by atoms with Gasteiger partial charge < -0.3 is 23.7 Å². The topological polar surface area (TPSA) is 63.2 Å². The molecule has 0 unspecified atom stereocenters. The van der Waals surface area contributed by atoms with Gasteiger partial charge >= 0.3 is 0 Å². The normalized spacial score (nSPS) is 10.8. The number of carbonyl (C=O) groups is 1. The second-order valence-corrected chi connectivity index (χ2v) is 6.00. The van der Waals surface area contributed by atoms with Crippen molar-refractivity contribution in [3.05, 3.63) is 23.8 Å². The van der Waals surface area contributed by atoms with Crippen molar-refractivity contribution < 1.29 is 28.5 Å². The Morgan fingerprint density at radius 1 is 0.667 bits per heavy atom. The van der Waals surface area contributed by atoms with Crippen LogP contribution in [0.4, 0.5) is 0 Å². The van der Waals surface area contributed by atoms with Crippen LogP contribution in [0.25, 0.3) is 0 Å². The molecule has 0 aromatic heterocycles. The molecule has 1 rings (SSSR count). The molecule has 0 radical (unpaired) electrons. The van der Waals surface area contributed by atoms with Crippen LogP contribution in [0.5, 0.6) is 11.5 Å². The molecule has 0 saturated heterocycles. The molecule has 154 valence electrons. The van der Waals surface area contributed by atoms with Crippen molar-refractivity contribution in [2.24, 2.45) is 0 Å². The van der Waals surface area contributed by atoms with Crippen LogP contribution in [-0.4, -0.2) is 58.6 Å². The van der Waals surface area contributed by atoms with E-state index in [0.717, 1.165) is 26.1 Å². The van der Waals surface area contributed by atoms with Crippen LogP contribution in [0.3, 0.4) is 0 Å². The van der Waals surface area contributed by atoms with Gasteiger partial charge in [0.15, 0.2) is 5.78 Å². The van der Waals surface area contributed by atoms with E-state index in [2.05, 4.69) is 13.8 Å². The number of ketones is 1. The lowest BCUT2D eigenvalue weighted by atomic mass is 10.1. The standard InChI is InChI=1S/C21H34O6/c1-4-7-23-9-10-25-12-14-27-20-16-18(21(22)6-3)15-19(17-20)26-13-11-24-8-5-2/h15-17H,4-14H2,1-3H3. The molecule has 0 atom stereocenters. The van der Waals surface area contributed by atoms with Gasteiger partial charge in [-0.2, -0.15) is 0 Å². The van der Waals surface area contributed by atoms with E-state index in [-0.39, 0.29) is 5.78 Å². The van der Waals surface area contributed by atoms with Crippen molar-refractivity contribution in [2.45, 2.75) is 40.0 Å². The highest BCUT2D eigenvalue weighted by atomic mass is 16.5. The molecule has 0 heterocycles. The molecule has 0 fully saturated rings. The molecule has 0 N–H and O–H groups in total. The van der Waals surface area contributed by atoms with Crippen LogP contribution in [0.2, 0.25) is 0 Å². The molecule has 0 bridgehead atoms. The minimum Gasteiger partial charge on any atom is -0.491 e. The molecule has 0 amide bonds. The Kier molecular flexibility index (Phi) is 13.4. The maximum atomic E-state index is 12.1. The van der Waals surface area contributed by atoms with Gasteiger partial charge in [0, 0.05) is 31.3 Å². The van der Waals surface area contributed by atoms with E-state index in [4.69, 9.17) is 23.7 Å². The maximum absolute atomic E-state index is 12.1. The van der Waals surface area contributed by atoms with E-state index in [1.807, 2.05) is 6.92 Å². The highest BCUT2D eigenvalue weighted by molar-refractivity contribution is 5.96. The van der Waals surface area contributed by atoms with Crippen LogP contribution in [0.1, 0.15) is 50.4 Å². The zero-order valence-electron chi connectivity index (χ0n) is 17.0. The molecule has 0 aliphatic rings. The molecule has 6 heteroatoms. The Morgan fingerprint density at radius 2 is 1.11 bits per heavy atom. The summed E-state index contributed by atoms with van der Waals surface area (Å²) in [6, 6.07) is 5.29. The van der Waals surface area contributed by atoms with E-state index >= 15 is 0 Å². The largest absolute Gasteiger partial charge is 0.491 e. The van der Waals surface area contributed by atoms with Crippen LogP contribution in [-0.2, 0) is 14.2 Å². The summed E-state index contributed by atoms with van der Waals surface area (Å²) in [7, 11) is 0. The summed E-state index contributed by atoms with van der Waals surface area (Å²) in [6.07, 6.45) is 2.42. The van der Waals surface area contributed by atoms with Crippen molar-refractivity contribution in [1.29, 1.82) is 0 Å². The van der Waals surface area contributed by atoms with Gasteiger partial charge in [-0.3, -0.25) is 4.79 Å². The van der Waals surface area contributed by atoms with Gasteiger partial charge in [-0.25, -0.2) is 0 Å². The summed E-state index contributed by atoms with van der Waals surface area (Å²) in [4.78, 5) is 12.1. The second-order valence-electron chi connectivity index (χ2n) is 6.00. The van der Waals surface area contributed by atoms with Crippen LogP contribution in [0.15, 0.2) is 18.2 Å². The van der Waals surface area contributed by atoms with Crippen molar-refractivity contribution >= 4 is 5.78 Å².